The highest BCUT2D eigenvalue weighted by Crippen LogP contribution is 2.31. The standard InChI is InChI=1S/C13H24N2O3/c1-3-10(2)11(14)12(16)15-6-4-13(5-7-15)17-8-9-18-13/h10-11H,3-9,14H2,1-2H3/t10-,11-/m0/s1. The van der Waals surface area contributed by atoms with Crippen LogP contribution in [0, 0.1) is 5.92 Å². The third-order valence-electron chi connectivity index (χ3n) is 4.19. The summed E-state index contributed by atoms with van der Waals surface area (Å²) in [5.41, 5.74) is 5.99. The van der Waals surface area contributed by atoms with Crippen molar-refractivity contribution in [2.24, 2.45) is 11.7 Å². The lowest BCUT2D eigenvalue weighted by Crippen LogP contribution is -2.53. The number of piperidine rings is 1. The normalized spacial score (nSPS) is 26.3. The Labute approximate surface area is 109 Å². The van der Waals surface area contributed by atoms with E-state index in [0.29, 0.717) is 26.3 Å². The summed E-state index contributed by atoms with van der Waals surface area (Å²) < 4.78 is 11.3. The van der Waals surface area contributed by atoms with E-state index in [1.165, 1.54) is 0 Å². The van der Waals surface area contributed by atoms with Crippen molar-refractivity contribution in [3.63, 3.8) is 0 Å². The number of amides is 1. The molecule has 5 nitrogen and oxygen atoms in total. The summed E-state index contributed by atoms with van der Waals surface area (Å²) in [6.07, 6.45) is 2.44. The first kappa shape index (κ1) is 13.8. The van der Waals surface area contributed by atoms with Gasteiger partial charge in [0.05, 0.1) is 19.3 Å². The minimum absolute atomic E-state index is 0.0668. The van der Waals surface area contributed by atoms with Gasteiger partial charge in [0.25, 0.3) is 0 Å². The van der Waals surface area contributed by atoms with Crippen molar-refractivity contribution in [3.8, 4) is 0 Å². The molecule has 0 saturated carbocycles. The Balaban J connectivity index is 1.87. The van der Waals surface area contributed by atoms with E-state index in [2.05, 4.69) is 6.92 Å². The van der Waals surface area contributed by atoms with Crippen LogP contribution in [-0.4, -0.2) is 48.9 Å². The molecule has 2 fully saturated rings. The molecule has 0 aromatic heterocycles. The van der Waals surface area contributed by atoms with Crippen LogP contribution >= 0.6 is 0 Å². The van der Waals surface area contributed by atoms with Crippen molar-refractivity contribution in [3.05, 3.63) is 0 Å². The Bertz CT molecular complexity index is 293. The van der Waals surface area contributed by atoms with Crippen LogP contribution in [0.15, 0.2) is 0 Å². The summed E-state index contributed by atoms with van der Waals surface area (Å²) in [5, 5.41) is 0. The lowest BCUT2D eigenvalue weighted by atomic mass is 9.97. The molecule has 18 heavy (non-hydrogen) atoms. The second-order valence-electron chi connectivity index (χ2n) is 5.34. The molecule has 2 saturated heterocycles. The third-order valence-corrected chi connectivity index (χ3v) is 4.19. The first-order valence-corrected chi connectivity index (χ1v) is 6.90. The highest BCUT2D eigenvalue weighted by atomic mass is 16.7. The summed E-state index contributed by atoms with van der Waals surface area (Å²) in [4.78, 5) is 14.1. The van der Waals surface area contributed by atoms with Crippen LogP contribution in [0.4, 0.5) is 0 Å². The molecular weight excluding hydrogens is 232 g/mol. The second kappa shape index (κ2) is 5.55. The minimum atomic E-state index is -0.419. The number of hydrogen-bond donors (Lipinski definition) is 1. The molecule has 2 heterocycles. The quantitative estimate of drug-likeness (QED) is 0.808. The maximum absolute atomic E-state index is 12.2. The van der Waals surface area contributed by atoms with Gasteiger partial charge in [-0.15, -0.1) is 0 Å². The maximum atomic E-state index is 12.2. The van der Waals surface area contributed by atoms with Crippen LogP contribution in [0.1, 0.15) is 33.1 Å². The zero-order valence-corrected chi connectivity index (χ0v) is 11.4. The van der Waals surface area contributed by atoms with Crippen LogP contribution in [0.2, 0.25) is 0 Å². The molecule has 5 heteroatoms. The lowest BCUT2D eigenvalue weighted by Gasteiger charge is -2.39. The number of hydrogen-bond acceptors (Lipinski definition) is 4. The van der Waals surface area contributed by atoms with E-state index >= 15 is 0 Å². The Hall–Kier alpha value is -0.650. The van der Waals surface area contributed by atoms with Crippen molar-refractivity contribution >= 4 is 5.91 Å². The van der Waals surface area contributed by atoms with E-state index in [9.17, 15) is 4.79 Å². The molecule has 0 aromatic rings. The summed E-state index contributed by atoms with van der Waals surface area (Å²) in [7, 11) is 0. The van der Waals surface area contributed by atoms with Crippen molar-refractivity contribution in [1.82, 2.24) is 4.90 Å². The number of carbonyl (C=O) groups is 1. The van der Waals surface area contributed by atoms with Gasteiger partial charge in [-0.2, -0.15) is 0 Å². The molecule has 0 radical (unpaired) electrons. The predicted molar refractivity (Wildman–Crippen MR) is 67.9 cm³/mol. The minimum Gasteiger partial charge on any atom is -0.347 e. The van der Waals surface area contributed by atoms with Crippen LogP contribution < -0.4 is 5.73 Å². The number of nitrogens with zero attached hydrogens (tertiary/aromatic N) is 1. The fraction of sp³-hybridized carbons (Fsp3) is 0.923. The van der Waals surface area contributed by atoms with E-state index in [4.69, 9.17) is 15.2 Å². The zero-order valence-electron chi connectivity index (χ0n) is 11.4. The molecule has 0 aliphatic carbocycles. The van der Waals surface area contributed by atoms with Gasteiger partial charge in [-0.3, -0.25) is 4.79 Å². The summed E-state index contributed by atoms with van der Waals surface area (Å²) in [6, 6.07) is -0.380. The van der Waals surface area contributed by atoms with Crippen molar-refractivity contribution < 1.29 is 14.3 Å². The van der Waals surface area contributed by atoms with Crippen LogP contribution in [0.25, 0.3) is 0 Å². The zero-order chi connectivity index (χ0) is 13.2. The summed E-state index contributed by atoms with van der Waals surface area (Å²) in [6.45, 7) is 6.78. The van der Waals surface area contributed by atoms with Crippen molar-refractivity contribution in [1.29, 1.82) is 0 Å². The van der Waals surface area contributed by atoms with Gasteiger partial charge < -0.3 is 20.1 Å². The molecule has 2 atom stereocenters. The molecule has 0 unspecified atom stereocenters. The molecule has 104 valence electrons. The van der Waals surface area contributed by atoms with Gasteiger partial charge in [-0.05, 0) is 5.92 Å². The van der Waals surface area contributed by atoms with Gasteiger partial charge in [0, 0.05) is 25.9 Å². The molecular formula is C13H24N2O3. The smallest absolute Gasteiger partial charge is 0.239 e. The van der Waals surface area contributed by atoms with E-state index in [-0.39, 0.29) is 17.9 Å². The van der Waals surface area contributed by atoms with Gasteiger partial charge in [-0.1, -0.05) is 20.3 Å². The van der Waals surface area contributed by atoms with E-state index < -0.39 is 5.79 Å². The van der Waals surface area contributed by atoms with Gasteiger partial charge in [0.2, 0.25) is 5.91 Å². The summed E-state index contributed by atoms with van der Waals surface area (Å²) >= 11 is 0. The molecule has 1 spiro atoms. The highest BCUT2D eigenvalue weighted by molar-refractivity contribution is 5.82. The van der Waals surface area contributed by atoms with Gasteiger partial charge >= 0.3 is 0 Å². The number of likely N-dealkylation sites (tertiary alicyclic amines) is 1. The van der Waals surface area contributed by atoms with Crippen LogP contribution in [-0.2, 0) is 14.3 Å². The average Bonchev–Trinajstić information content (AvgIpc) is 2.85. The van der Waals surface area contributed by atoms with Crippen molar-refractivity contribution in [2.75, 3.05) is 26.3 Å². The maximum Gasteiger partial charge on any atom is 0.239 e. The second-order valence-corrected chi connectivity index (χ2v) is 5.34. The topological polar surface area (TPSA) is 64.8 Å². The number of rotatable bonds is 3. The van der Waals surface area contributed by atoms with Crippen molar-refractivity contribution in [2.45, 2.75) is 44.9 Å². The Morgan fingerprint density at radius 3 is 2.39 bits per heavy atom. The molecule has 0 bridgehead atoms. The molecule has 1 amide bonds. The first-order chi connectivity index (χ1) is 8.58. The summed E-state index contributed by atoms with van der Waals surface area (Å²) in [5.74, 6) is -0.124. The molecule has 2 N–H and O–H groups in total. The third kappa shape index (κ3) is 2.68. The van der Waals surface area contributed by atoms with E-state index in [0.717, 1.165) is 19.3 Å². The van der Waals surface area contributed by atoms with Gasteiger partial charge in [0.15, 0.2) is 5.79 Å². The van der Waals surface area contributed by atoms with Gasteiger partial charge in [0.1, 0.15) is 0 Å². The Morgan fingerprint density at radius 1 is 1.33 bits per heavy atom. The van der Waals surface area contributed by atoms with E-state index in [1.54, 1.807) is 0 Å². The van der Waals surface area contributed by atoms with Gasteiger partial charge in [-0.25, -0.2) is 0 Å². The largest absolute Gasteiger partial charge is 0.347 e. The Morgan fingerprint density at radius 2 is 1.89 bits per heavy atom. The first-order valence-electron chi connectivity index (χ1n) is 6.90. The SMILES string of the molecule is CC[C@H](C)[C@H](N)C(=O)N1CCC2(CC1)OCCO2. The number of carbonyl (C=O) groups excluding carboxylic acids is 1. The fourth-order valence-electron chi connectivity index (χ4n) is 2.56. The number of ether oxygens (including phenoxy) is 2. The fourth-order valence-corrected chi connectivity index (χ4v) is 2.56. The highest BCUT2D eigenvalue weighted by Gasteiger charge is 2.41. The number of nitrogens with two attached hydrogens (primary N) is 1. The van der Waals surface area contributed by atoms with Crippen LogP contribution in [0.3, 0.4) is 0 Å². The molecule has 2 aliphatic rings. The van der Waals surface area contributed by atoms with Crippen LogP contribution in [0.5, 0.6) is 0 Å². The van der Waals surface area contributed by atoms with E-state index in [1.807, 2.05) is 11.8 Å². The monoisotopic (exact) mass is 256 g/mol. The molecule has 2 rings (SSSR count). The average molecular weight is 256 g/mol. The molecule has 2 aliphatic heterocycles. The molecule has 0 aromatic carbocycles. The Kier molecular flexibility index (Phi) is 4.25. The lowest BCUT2D eigenvalue weighted by molar-refractivity contribution is -0.188. The predicted octanol–water partition coefficient (Wildman–Crippen LogP) is 0.725.